The number of ether oxygens (including phenoxy) is 7. The summed E-state index contributed by atoms with van der Waals surface area (Å²) in [7, 11) is 2.96. The number of carbonyl (C=O) groups excluding carboxylic acids is 3. The zero-order valence-corrected chi connectivity index (χ0v) is 23.9. The summed E-state index contributed by atoms with van der Waals surface area (Å²) in [6.07, 6.45) is 0.0299. The van der Waals surface area contributed by atoms with E-state index in [0.29, 0.717) is 12.4 Å². The van der Waals surface area contributed by atoms with Crippen molar-refractivity contribution in [2.45, 2.75) is 58.8 Å². The molecule has 0 fully saturated rings. The van der Waals surface area contributed by atoms with Gasteiger partial charge in [0.1, 0.15) is 18.0 Å². The number of benzene rings is 1. The molecule has 11 nitrogen and oxygen atoms in total. The summed E-state index contributed by atoms with van der Waals surface area (Å²) in [4.78, 5) is 41.4. The molecule has 0 aliphatic carbocycles. The van der Waals surface area contributed by atoms with Crippen molar-refractivity contribution >= 4 is 17.7 Å². The molecule has 1 aromatic heterocycles. The lowest BCUT2D eigenvalue weighted by molar-refractivity contribution is -0.164. The number of aromatic nitrogens is 1. The van der Waals surface area contributed by atoms with E-state index >= 15 is 0 Å². The van der Waals surface area contributed by atoms with Crippen LogP contribution in [0.25, 0.3) is 0 Å². The Morgan fingerprint density at radius 3 is 2.38 bits per heavy atom. The Morgan fingerprint density at radius 1 is 1.02 bits per heavy atom. The van der Waals surface area contributed by atoms with Crippen LogP contribution in [0.5, 0.6) is 17.2 Å². The van der Waals surface area contributed by atoms with Gasteiger partial charge >= 0.3 is 11.9 Å². The van der Waals surface area contributed by atoms with Gasteiger partial charge in [-0.2, -0.15) is 0 Å². The smallest absolute Gasteiger partial charge is 0.309 e. The molecule has 0 saturated carbocycles. The molecular formula is C29H39NO10. The first-order valence-corrected chi connectivity index (χ1v) is 13.1. The molecule has 11 heteroatoms. The molecule has 2 aromatic rings. The number of Topliss-reactive ketones (excluding diaryl/α,β-unsaturated/α-hetero) is 1. The Hall–Kier alpha value is -3.70. The van der Waals surface area contributed by atoms with E-state index in [1.807, 2.05) is 25.1 Å². The zero-order chi connectivity index (χ0) is 29.5. The van der Waals surface area contributed by atoms with E-state index in [0.717, 1.165) is 6.42 Å². The van der Waals surface area contributed by atoms with Crippen LogP contribution in [0.4, 0.5) is 0 Å². The molecular weight excluding hydrogens is 522 g/mol. The maximum atomic E-state index is 13.1. The summed E-state index contributed by atoms with van der Waals surface area (Å²) in [5.74, 6) is -1.62. The molecule has 2 rings (SSSR count). The van der Waals surface area contributed by atoms with Gasteiger partial charge in [-0.1, -0.05) is 32.0 Å². The number of rotatable bonds is 18. The zero-order valence-electron chi connectivity index (χ0n) is 23.9. The first kappa shape index (κ1) is 32.5. The van der Waals surface area contributed by atoms with E-state index in [1.54, 1.807) is 33.1 Å². The van der Waals surface area contributed by atoms with E-state index in [2.05, 4.69) is 4.98 Å². The van der Waals surface area contributed by atoms with Crippen molar-refractivity contribution in [1.29, 1.82) is 0 Å². The van der Waals surface area contributed by atoms with Crippen LogP contribution in [0.2, 0.25) is 0 Å². The third-order valence-electron chi connectivity index (χ3n) is 5.73. The van der Waals surface area contributed by atoms with Gasteiger partial charge in [0.15, 0.2) is 29.1 Å². The lowest BCUT2D eigenvalue weighted by atomic mass is 10.0. The predicted molar refractivity (Wildman–Crippen MR) is 144 cm³/mol. The minimum Gasteiger partial charge on any atom is -0.493 e. The normalized spacial score (nSPS) is 13.8. The largest absolute Gasteiger partial charge is 0.493 e. The summed E-state index contributed by atoms with van der Waals surface area (Å²) in [5.41, 5.74) is -0.0578. The van der Waals surface area contributed by atoms with Gasteiger partial charge in [-0.05, 0) is 25.5 Å². The molecule has 1 heterocycles. The molecule has 40 heavy (non-hydrogen) atoms. The average Bonchev–Trinajstić information content (AvgIpc) is 2.94. The van der Waals surface area contributed by atoms with Crippen molar-refractivity contribution in [2.24, 2.45) is 5.92 Å². The van der Waals surface area contributed by atoms with Crippen LogP contribution in [-0.4, -0.2) is 75.2 Å². The molecule has 0 unspecified atom stereocenters. The maximum Gasteiger partial charge on any atom is 0.309 e. The quantitative estimate of drug-likeness (QED) is 0.149. The first-order valence-electron chi connectivity index (χ1n) is 13.1. The van der Waals surface area contributed by atoms with Crippen molar-refractivity contribution in [3.8, 4) is 17.2 Å². The van der Waals surface area contributed by atoms with E-state index in [1.165, 1.54) is 26.3 Å². The highest BCUT2D eigenvalue weighted by molar-refractivity contribution is 5.99. The molecule has 4 atom stereocenters. The number of para-hydroxylation sites is 1. The van der Waals surface area contributed by atoms with E-state index in [-0.39, 0.29) is 30.2 Å². The van der Waals surface area contributed by atoms with Gasteiger partial charge in [0.25, 0.3) is 0 Å². The number of pyridine rings is 1. The molecule has 0 spiro atoms. The minimum atomic E-state index is -0.820. The Bertz CT molecular complexity index is 1080. The van der Waals surface area contributed by atoms with Gasteiger partial charge in [0, 0.05) is 39.3 Å². The van der Waals surface area contributed by atoms with Gasteiger partial charge in [-0.25, -0.2) is 4.98 Å². The molecule has 0 bridgehead atoms. The van der Waals surface area contributed by atoms with Crippen LogP contribution < -0.4 is 14.2 Å². The standard InChI is InChI=1S/C29H39NO10/c1-7-15-36-25(17-34-5)27(40-22-11-9-8-10-12-22)20(3)39-29(33)19(2)16-23(32)26-28(38-18-37-21(4)31)24(35-6)13-14-30-26/h8-14,19-20,25,27H,7,15-18H2,1-6H3/t19-,20-,25-,27-/m0/s1. The van der Waals surface area contributed by atoms with E-state index in [4.69, 9.17) is 33.2 Å². The summed E-state index contributed by atoms with van der Waals surface area (Å²) in [6, 6.07) is 10.7. The predicted octanol–water partition coefficient (Wildman–Crippen LogP) is 4.02. The van der Waals surface area contributed by atoms with Crippen LogP contribution in [0, 0.1) is 5.92 Å². The highest BCUT2D eigenvalue weighted by atomic mass is 16.7. The number of hydrogen-bond acceptors (Lipinski definition) is 11. The first-order chi connectivity index (χ1) is 19.2. The van der Waals surface area contributed by atoms with Crippen LogP contribution in [-0.2, 0) is 28.5 Å². The van der Waals surface area contributed by atoms with Crippen molar-refractivity contribution < 1.29 is 47.5 Å². The summed E-state index contributed by atoms with van der Waals surface area (Å²) >= 11 is 0. The van der Waals surface area contributed by atoms with Crippen LogP contribution in [0.1, 0.15) is 51.0 Å². The Kier molecular flexibility index (Phi) is 13.9. The lowest BCUT2D eigenvalue weighted by Gasteiger charge is -2.32. The number of methoxy groups -OCH3 is 2. The molecule has 0 saturated heterocycles. The number of hydrogen-bond donors (Lipinski definition) is 0. The van der Waals surface area contributed by atoms with Crippen LogP contribution >= 0.6 is 0 Å². The second kappa shape index (κ2) is 17.1. The maximum absolute atomic E-state index is 13.1. The molecule has 220 valence electrons. The Morgan fingerprint density at radius 2 is 1.75 bits per heavy atom. The summed E-state index contributed by atoms with van der Waals surface area (Å²) < 4.78 is 38.8. The highest BCUT2D eigenvalue weighted by Crippen LogP contribution is 2.31. The SMILES string of the molecule is CCCO[C@@H](COC)[C@@H](Oc1ccccc1)[C@H](C)OC(=O)[C@@H](C)CC(=O)c1nccc(OC)c1OCOC(C)=O. The topological polar surface area (TPSA) is 129 Å². The molecule has 1 aromatic carbocycles. The fourth-order valence-corrected chi connectivity index (χ4v) is 3.73. The third-order valence-corrected chi connectivity index (χ3v) is 5.73. The monoisotopic (exact) mass is 561 g/mol. The van der Waals surface area contributed by atoms with Crippen LogP contribution in [0.15, 0.2) is 42.6 Å². The molecule has 0 aliphatic rings. The second-order valence-electron chi connectivity index (χ2n) is 9.02. The minimum absolute atomic E-state index is 0.0111. The number of carbonyl (C=O) groups is 3. The van der Waals surface area contributed by atoms with Crippen molar-refractivity contribution in [3.05, 3.63) is 48.3 Å². The van der Waals surface area contributed by atoms with Gasteiger partial charge in [-0.3, -0.25) is 14.4 Å². The van der Waals surface area contributed by atoms with Gasteiger partial charge in [0.2, 0.25) is 6.79 Å². The molecule has 0 radical (unpaired) electrons. The van der Waals surface area contributed by atoms with Crippen molar-refractivity contribution in [1.82, 2.24) is 4.98 Å². The molecule has 0 aliphatic heterocycles. The van der Waals surface area contributed by atoms with Gasteiger partial charge in [0.05, 0.1) is 19.6 Å². The fourth-order valence-electron chi connectivity index (χ4n) is 3.73. The summed E-state index contributed by atoms with van der Waals surface area (Å²) in [5, 5.41) is 0. The van der Waals surface area contributed by atoms with Crippen molar-refractivity contribution in [3.63, 3.8) is 0 Å². The lowest BCUT2D eigenvalue weighted by Crippen LogP contribution is -2.47. The Balaban J connectivity index is 2.15. The Labute approximate surface area is 235 Å². The highest BCUT2D eigenvalue weighted by Gasteiger charge is 2.34. The van der Waals surface area contributed by atoms with Gasteiger partial charge in [-0.15, -0.1) is 0 Å². The second-order valence-corrected chi connectivity index (χ2v) is 9.02. The molecule has 0 N–H and O–H groups in total. The van der Waals surface area contributed by atoms with Crippen LogP contribution in [0.3, 0.4) is 0 Å². The number of nitrogens with zero attached hydrogens (tertiary/aromatic N) is 1. The van der Waals surface area contributed by atoms with E-state index < -0.39 is 48.7 Å². The third kappa shape index (κ3) is 10.1. The number of ketones is 1. The average molecular weight is 562 g/mol. The fraction of sp³-hybridized carbons (Fsp3) is 0.517. The molecule has 0 amide bonds. The van der Waals surface area contributed by atoms with E-state index in [9.17, 15) is 14.4 Å². The van der Waals surface area contributed by atoms with Crippen molar-refractivity contribution in [2.75, 3.05) is 34.2 Å². The number of esters is 2. The summed E-state index contributed by atoms with van der Waals surface area (Å²) in [6.45, 7) is 6.78. The van der Waals surface area contributed by atoms with Gasteiger partial charge < -0.3 is 33.2 Å².